The Labute approximate surface area is 172 Å². The number of nitrogens with zero attached hydrogens (tertiary/aromatic N) is 1. The number of ether oxygens (including phenoxy) is 2. The number of phenolic OH excluding ortho intramolecular Hbond substituents is 1. The van der Waals surface area contributed by atoms with E-state index in [1.165, 1.54) is 31.5 Å². The number of halogens is 2. The SMILES string of the molecule is COC(=O)c1cc(NC(=O)[C@@H]2OC(C)(C)[C@@H](C)[C@H]2c2ccc(F)c(F)c2O)ccn1. The van der Waals surface area contributed by atoms with Gasteiger partial charge in [-0.15, -0.1) is 0 Å². The molecule has 1 aromatic carbocycles. The summed E-state index contributed by atoms with van der Waals surface area (Å²) in [5.41, 5.74) is -0.410. The lowest BCUT2D eigenvalue weighted by molar-refractivity contribution is -0.131. The number of nitrogens with one attached hydrogen (secondary N) is 1. The highest BCUT2D eigenvalue weighted by Crippen LogP contribution is 2.49. The molecule has 30 heavy (non-hydrogen) atoms. The fraction of sp³-hybridized carbons (Fsp3) is 0.381. The van der Waals surface area contributed by atoms with Crippen LogP contribution in [0.3, 0.4) is 0 Å². The summed E-state index contributed by atoms with van der Waals surface area (Å²) in [6.45, 7) is 5.35. The molecule has 160 valence electrons. The van der Waals surface area contributed by atoms with Crippen molar-refractivity contribution >= 4 is 17.6 Å². The van der Waals surface area contributed by atoms with Crippen LogP contribution in [0.4, 0.5) is 14.5 Å². The zero-order valence-corrected chi connectivity index (χ0v) is 16.9. The summed E-state index contributed by atoms with van der Waals surface area (Å²) < 4.78 is 38.0. The Morgan fingerprint density at radius 1 is 1.27 bits per heavy atom. The van der Waals surface area contributed by atoms with E-state index in [9.17, 15) is 23.5 Å². The van der Waals surface area contributed by atoms with E-state index in [2.05, 4.69) is 15.0 Å². The fourth-order valence-corrected chi connectivity index (χ4v) is 3.61. The lowest BCUT2D eigenvalue weighted by Crippen LogP contribution is -2.33. The van der Waals surface area contributed by atoms with Gasteiger partial charge >= 0.3 is 5.97 Å². The van der Waals surface area contributed by atoms with E-state index < -0.39 is 46.9 Å². The Morgan fingerprint density at radius 3 is 2.63 bits per heavy atom. The Bertz CT molecular complexity index is 995. The van der Waals surface area contributed by atoms with Gasteiger partial charge in [0.15, 0.2) is 11.6 Å². The maximum atomic E-state index is 14.0. The van der Waals surface area contributed by atoms with Crippen LogP contribution in [0, 0.1) is 17.6 Å². The van der Waals surface area contributed by atoms with Crippen LogP contribution >= 0.6 is 0 Å². The zero-order valence-electron chi connectivity index (χ0n) is 16.9. The number of hydrogen-bond acceptors (Lipinski definition) is 6. The molecular formula is C21H22F2N2O5. The number of esters is 1. The van der Waals surface area contributed by atoms with Crippen LogP contribution in [0.1, 0.15) is 42.7 Å². The number of amides is 1. The van der Waals surface area contributed by atoms with Gasteiger partial charge in [0.1, 0.15) is 11.8 Å². The first-order chi connectivity index (χ1) is 14.1. The van der Waals surface area contributed by atoms with Gasteiger partial charge in [-0.2, -0.15) is 4.39 Å². The first kappa shape index (κ1) is 21.6. The minimum atomic E-state index is -1.37. The second-order valence-electron chi connectivity index (χ2n) is 7.67. The molecule has 0 aliphatic carbocycles. The molecule has 1 fully saturated rings. The highest BCUT2D eigenvalue weighted by Gasteiger charge is 2.51. The smallest absolute Gasteiger partial charge is 0.356 e. The van der Waals surface area contributed by atoms with Crippen molar-refractivity contribution in [2.24, 2.45) is 5.92 Å². The van der Waals surface area contributed by atoms with Gasteiger partial charge in [0, 0.05) is 23.4 Å². The van der Waals surface area contributed by atoms with Crippen LogP contribution in [-0.2, 0) is 14.3 Å². The van der Waals surface area contributed by atoms with E-state index in [4.69, 9.17) is 4.74 Å². The second-order valence-corrected chi connectivity index (χ2v) is 7.67. The van der Waals surface area contributed by atoms with E-state index in [1.807, 2.05) is 0 Å². The van der Waals surface area contributed by atoms with Crippen LogP contribution < -0.4 is 5.32 Å². The standard InChI is InChI=1S/C21H22F2N2O5/c1-10-15(12-5-6-13(22)16(23)17(12)26)18(30-21(10,2)3)19(27)25-11-7-8-24-14(9-11)20(28)29-4/h5-10,15,18,26H,1-4H3,(H,24,25,27)/t10-,15-,18+/m0/s1. The number of aromatic hydroxyl groups is 1. The third-order valence-corrected chi connectivity index (χ3v) is 5.53. The van der Waals surface area contributed by atoms with E-state index >= 15 is 0 Å². The molecule has 1 aromatic heterocycles. The van der Waals surface area contributed by atoms with Crippen molar-refractivity contribution in [3.8, 4) is 5.75 Å². The predicted molar refractivity (Wildman–Crippen MR) is 103 cm³/mol. The average molecular weight is 420 g/mol. The van der Waals surface area contributed by atoms with Crippen molar-refractivity contribution in [2.45, 2.75) is 38.4 Å². The Balaban J connectivity index is 1.94. The number of methoxy groups -OCH3 is 1. The number of carbonyl (C=O) groups is 2. The summed E-state index contributed by atoms with van der Waals surface area (Å²) in [6, 6.07) is 4.99. The van der Waals surface area contributed by atoms with Crippen molar-refractivity contribution < 1.29 is 33.0 Å². The van der Waals surface area contributed by atoms with Crippen LogP contribution in [0.15, 0.2) is 30.5 Å². The van der Waals surface area contributed by atoms with Gasteiger partial charge in [0.05, 0.1) is 12.7 Å². The first-order valence-corrected chi connectivity index (χ1v) is 9.26. The molecule has 0 bridgehead atoms. The van der Waals surface area contributed by atoms with Crippen molar-refractivity contribution in [1.82, 2.24) is 4.98 Å². The van der Waals surface area contributed by atoms with Gasteiger partial charge < -0.3 is 19.9 Å². The summed E-state index contributed by atoms with van der Waals surface area (Å²) in [4.78, 5) is 28.6. The molecule has 0 saturated carbocycles. The molecule has 1 amide bonds. The number of anilines is 1. The molecule has 7 nitrogen and oxygen atoms in total. The van der Waals surface area contributed by atoms with Gasteiger partial charge in [0.2, 0.25) is 5.82 Å². The molecule has 0 unspecified atom stereocenters. The molecule has 1 aliphatic rings. The summed E-state index contributed by atoms with van der Waals surface area (Å²) in [6.07, 6.45) is 0.239. The summed E-state index contributed by atoms with van der Waals surface area (Å²) in [5, 5.41) is 12.8. The molecule has 0 spiro atoms. The van der Waals surface area contributed by atoms with Crippen molar-refractivity contribution in [3.05, 3.63) is 53.4 Å². The van der Waals surface area contributed by atoms with Crippen LogP contribution in [0.25, 0.3) is 0 Å². The number of phenols is 1. The fourth-order valence-electron chi connectivity index (χ4n) is 3.61. The molecule has 1 aliphatic heterocycles. The third-order valence-electron chi connectivity index (χ3n) is 5.53. The molecular weight excluding hydrogens is 398 g/mol. The van der Waals surface area contributed by atoms with Gasteiger partial charge in [0.25, 0.3) is 5.91 Å². The highest BCUT2D eigenvalue weighted by atomic mass is 19.2. The van der Waals surface area contributed by atoms with Gasteiger partial charge in [-0.3, -0.25) is 4.79 Å². The van der Waals surface area contributed by atoms with Crippen LogP contribution in [0.5, 0.6) is 5.75 Å². The molecule has 9 heteroatoms. The lowest BCUT2D eigenvalue weighted by atomic mass is 9.78. The average Bonchev–Trinajstić information content (AvgIpc) is 2.95. The van der Waals surface area contributed by atoms with E-state index in [0.717, 1.165) is 6.07 Å². The number of hydrogen-bond donors (Lipinski definition) is 2. The molecule has 3 rings (SSSR count). The first-order valence-electron chi connectivity index (χ1n) is 9.26. The van der Waals surface area contributed by atoms with E-state index in [0.29, 0.717) is 0 Å². The Hall–Kier alpha value is -3.07. The number of benzene rings is 1. The maximum Gasteiger partial charge on any atom is 0.356 e. The zero-order chi connectivity index (χ0) is 22.2. The van der Waals surface area contributed by atoms with Crippen molar-refractivity contribution in [2.75, 3.05) is 12.4 Å². The van der Waals surface area contributed by atoms with Crippen LogP contribution in [0.2, 0.25) is 0 Å². The summed E-state index contributed by atoms with van der Waals surface area (Å²) in [5.74, 6) is -5.69. The van der Waals surface area contributed by atoms with Gasteiger partial charge in [-0.25, -0.2) is 14.2 Å². The number of pyridine rings is 1. The normalized spacial score (nSPS) is 22.5. The maximum absolute atomic E-state index is 14.0. The number of aromatic nitrogens is 1. The lowest BCUT2D eigenvalue weighted by Gasteiger charge is -2.25. The monoisotopic (exact) mass is 420 g/mol. The number of carbonyl (C=O) groups excluding carboxylic acids is 2. The second kappa shape index (κ2) is 7.98. The molecule has 2 heterocycles. The van der Waals surface area contributed by atoms with Crippen molar-refractivity contribution in [1.29, 1.82) is 0 Å². The predicted octanol–water partition coefficient (Wildman–Crippen LogP) is 3.39. The van der Waals surface area contributed by atoms with Gasteiger partial charge in [-0.05, 0) is 38.0 Å². The molecule has 3 atom stereocenters. The van der Waals surface area contributed by atoms with Crippen LogP contribution in [-0.4, -0.2) is 40.8 Å². The molecule has 2 N–H and O–H groups in total. The van der Waals surface area contributed by atoms with E-state index in [1.54, 1.807) is 20.8 Å². The molecule has 1 saturated heterocycles. The molecule has 2 aromatic rings. The minimum Gasteiger partial charge on any atom is -0.505 e. The topological polar surface area (TPSA) is 97.8 Å². The molecule has 0 radical (unpaired) electrons. The third kappa shape index (κ3) is 3.85. The largest absolute Gasteiger partial charge is 0.505 e. The van der Waals surface area contributed by atoms with Gasteiger partial charge in [-0.1, -0.05) is 13.0 Å². The Morgan fingerprint density at radius 2 is 1.97 bits per heavy atom. The summed E-state index contributed by atoms with van der Waals surface area (Å²) >= 11 is 0. The highest BCUT2D eigenvalue weighted by molar-refractivity contribution is 5.96. The number of rotatable bonds is 4. The van der Waals surface area contributed by atoms with Crippen molar-refractivity contribution in [3.63, 3.8) is 0 Å². The Kier molecular flexibility index (Phi) is 5.76. The summed E-state index contributed by atoms with van der Waals surface area (Å²) in [7, 11) is 1.21. The van der Waals surface area contributed by atoms with E-state index in [-0.39, 0.29) is 22.9 Å². The quantitative estimate of drug-likeness (QED) is 0.736. The minimum absolute atomic E-state index is 0.00568.